The Hall–Kier alpha value is -0.500. The third-order valence-corrected chi connectivity index (χ3v) is 0.988. The summed E-state index contributed by atoms with van der Waals surface area (Å²) < 4.78 is 11.4. The van der Waals surface area contributed by atoms with Gasteiger partial charge in [0.1, 0.15) is 4.33 Å². The average molecular weight is 187 g/mol. The van der Waals surface area contributed by atoms with Crippen molar-refractivity contribution in [1.29, 1.82) is 0 Å². The summed E-state index contributed by atoms with van der Waals surface area (Å²) in [6.45, 7) is 0. The predicted molar refractivity (Wildman–Crippen MR) is 31.5 cm³/mol. The molecule has 0 rings (SSSR count). The molecule has 0 radical (unpaired) electrons. The molecule has 0 aliphatic rings. The Morgan fingerprint density at radius 2 is 2.10 bits per heavy atom. The molecule has 0 fully saturated rings. The van der Waals surface area contributed by atoms with Crippen molar-refractivity contribution >= 4 is 19.9 Å². The zero-order valence-electron chi connectivity index (χ0n) is 4.32. The van der Waals surface area contributed by atoms with Crippen LogP contribution < -0.4 is 0 Å². The molecule has 0 heterocycles. The molecule has 58 valence electrons. The number of nitro groups is 1. The molecule has 0 aliphatic heterocycles. The van der Waals surface area contributed by atoms with Gasteiger partial charge in [0.2, 0.25) is 0 Å². The van der Waals surface area contributed by atoms with Crippen LogP contribution in [0.5, 0.6) is 0 Å². The first kappa shape index (κ1) is 9.50. The first-order valence-electron chi connectivity index (χ1n) is 1.71. The van der Waals surface area contributed by atoms with Gasteiger partial charge in [0.25, 0.3) is 0 Å². The van der Waals surface area contributed by atoms with Gasteiger partial charge in [-0.2, -0.15) is 0 Å². The van der Waals surface area contributed by atoms with E-state index in [0.717, 1.165) is 0 Å². The van der Waals surface area contributed by atoms with Crippen molar-refractivity contribution in [2.75, 3.05) is 0 Å². The number of nitrogens with zero attached hydrogens (tertiary/aromatic N) is 3. The molecule has 0 saturated carbocycles. The monoisotopic (exact) mass is 187 g/mol. The highest BCUT2D eigenvalue weighted by Crippen LogP contribution is 2.37. The molecule has 2 N–H and O–H groups in total. The lowest BCUT2D eigenvalue weighted by Gasteiger charge is -1.86. The van der Waals surface area contributed by atoms with E-state index >= 15 is 0 Å². The lowest BCUT2D eigenvalue weighted by Crippen LogP contribution is -1.76. The summed E-state index contributed by atoms with van der Waals surface area (Å²) in [4.78, 5) is 27.6. The van der Waals surface area contributed by atoms with E-state index in [1.807, 2.05) is 0 Å². The van der Waals surface area contributed by atoms with Crippen LogP contribution in [0.25, 0.3) is 0 Å². The van der Waals surface area contributed by atoms with Gasteiger partial charge in [-0.15, -0.1) is 0 Å². The lowest BCUT2D eigenvalue weighted by molar-refractivity contribution is -0.284. The van der Waals surface area contributed by atoms with Crippen LogP contribution in [0.2, 0.25) is 0 Å². The van der Waals surface area contributed by atoms with Crippen LogP contribution in [-0.2, 0) is 4.57 Å². The van der Waals surface area contributed by atoms with Gasteiger partial charge in [-0.05, 0) is 4.52 Å². The molecule has 0 amide bonds. The molecule has 8 nitrogen and oxygen atoms in total. The summed E-state index contributed by atoms with van der Waals surface area (Å²) in [6.07, 6.45) is 0. The van der Waals surface area contributed by atoms with Crippen LogP contribution in [0, 0.1) is 10.1 Å². The van der Waals surface area contributed by atoms with Crippen molar-refractivity contribution in [1.82, 2.24) is 0 Å². The Kier molecular flexibility index (Phi) is 3.43. The maximum atomic E-state index is 9.81. The highest BCUT2D eigenvalue weighted by atomic mass is 32.2. The molecule has 0 atom stereocenters. The van der Waals surface area contributed by atoms with Crippen molar-refractivity contribution in [2.45, 2.75) is 0 Å². The van der Waals surface area contributed by atoms with E-state index in [0.29, 0.717) is 0 Å². The molecule has 0 aromatic heterocycles. The Morgan fingerprint density at radius 1 is 1.60 bits per heavy atom. The second-order valence-electron chi connectivity index (χ2n) is 0.990. The molecule has 0 aromatic carbocycles. The van der Waals surface area contributed by atoms with E-state index in [4.69, 9.17) is 9.79 Å². The molecule has 10 heteroatoms. The Labute approximate surface area is 59.0 Å². The number of rotatable bonds is 3. The van der Waals surface area contributed by atoms with Gasteiger partial charge in [-0.1, -0.05) is 4.88 Å². The largest absolute Gasteiger partial charge is 0.467 e. The molecule has 0 spiro atoms. The third-order valence-electron chi connectivity index (χ3n) is 0.256. The summed E-state index contributed by atoms with van der Waals surface area (Å²) >= 11 is -0.254. The maximum absolute atomic E-state index is 9.81. The van der Waals surface area contributed by atoms with E-state index in [9.17, 15) is 14.7 Å². The average Bonchev–Trinajstić information content (AvgIpc) is 1.59. The molecule has 0 unspecified atom stereocenters. The minimum absolute atomic E-state index is 0.254. The van der Waals surface area contributed by atoms with Gasteiger partial charge in [0.15, 0.2) is 0 Å². The van der Waals surface area contributed by atoms with Crippen molar-refractivity contribution in [2.24, 2.45) is 9.40 Å². The van der Waals surface area contributed by atoms with Crippen molar-refractivity contribution < 1.29 is 18.7 Å². The highest BCUT2D eigenvalue weighted by Gasteiger charge is 2.10. The normalized spacial score (nSPS) is 12.2. The summed E-state index contributed by atoms with van der Waals surface area (Å²) in [6, 6.07) is 0. The van der Waals surface area contributed by atoms with Crippen molar-refractivity contribution in [3.63, 3.8) is 0 Å². The van der Waals surface area contributed by atoms with Crippen LogP contribution in [0.15, 0.2) is 9.40 Å². The van der Waals surface area contributed by atoms with Gasteiger partial charge in [-0.25, -0.2) is 14.7 Å². The van der Waals surface area contributed by atoms with Crippen LogP contribution in [0.3, 0.4) is 0 Å². The predicted octanol–water partition coefficient (Wildman–Crippen LogP) is 0.371. The fraction of sp³-hybridized carbons (Fsp3) is 0. The van der Waals surface area contributed by atoms with Gasteiger partial charge >= 0.3 is 19.9 Å². The second-order valence-corrected chi connectivity index (χ2v) is 2.82. The topological polar surface area (TPSA) is 125 Å². The second kappa shape index (κ2) is 3.62. The summed E-state index contributed by atoms with van der Waals surface area (Å²) in [5.74, 6) is 0. The fourth-order valence-electron chi connectivity index (χ4n) is 0.0937. The van der Waals surface area contributed by atoms with Gasteiger partial charge in [0, 0.05) is 0 Å². The summed E-state index contributed by atoms with van der Waals surface area (Å²) in [5.41, 5.74) is 0. The molecule has 0 bridgehead atoms. The van der Waals surface area contributed by atoms with E-state index in [-0.39, 0.29) is 12.1 Å². The molecule has 0 aliphatic carbocycles. The molecule has 0 saturated heterocycles. The molecular weight excluding hydrogens is 185 g/mol. The van der Waals surface area contributed by atoms with E-state index in [2.05, 4.69) is 9.40 Å². The van der Waals surface area contributed by atoms with E-state index in [1.54, 1.807) is 0 Å². The Balaban J connectivity index is 3.79. The molecule has 10 heavy (non-hydrogen) atoms. The smallest absolute Gasteiger partial charge is 0.306 e. The third kappa shape index (κ3) is 7.50. The SMILES string of the molecule is O=[N+]([O-])SN=NP(=O)(O)O. The maximum Gasteiger partial charge on any atom is 0.467 e. The van der Waals surface area contributed by atoms with Gasteiger partial charge < -0.3 is 9.79 Å². The molecular formula is H2N3O5PS. The van der Waals surface area contributed by atoms with Crippen LogP contribution >= 0.6 is 19.9 Å². The van der Waals surface area contributed by atoms with Crippen LogP contribution in [0.4, 0.5) is 0 Å². The first-order chi connectivity index (χ1) is 4.42. The van der Waals surface area contributed by atoms with Crippen LogP contribution in [0.1, 0.15) is 0 Å². The zero-order valence-corrected chi connectivity index (χ0v) is 6.03. The lowest BCUT2D eigenvalue weighted by atomic mass is 13.2. The zero-order chi connectivity index (χ0) is 8.20. The van der Waals surface area contributed by atoms with E-state index < -0.39 is 12.1 Å². The number of hydrogen-bond acceptors (Lipinski definition) is 5. The van der Waals surface area contributed by atoms with E-state index in [1.165, 1.54) is 0 Å². The number of hydrogen-bond donors (Lipinski definition) is 2. The highest BCUT2D eigenvalue weighted by molar-refractivity contribution is 7.91. The first-order valence-corrected chi connectivity index (χ1v) is 4.01. The fourth-order valence-corrected chi connectivity index (χ4v) is 0.665. The summed E-state index contributed by atoms with van der Waals surface area (Å²) in [7, 11) is -4.59. The van der Waals surface area contributed by atoms with Gasteiger partial charge in [0.05, 0.1) is 0 Å². The van der Waals surface area contributed by atoms with Crippen LogP contribution in [-0.4, -0.2) is 14.1 Å². The minimum atomic E-state index is -4.59. The Morgan fingerprint density at radius 3 is 2.40 bits per heavy atom. The summed E-state index contributed by atoms with van der Waals surface area (Å²) in [5, 5.41) is 9.45. The quantitative estimate of drug-likeness (QED) is 0.216. The van der Waals surface area contributed by atoms with Gasteiger partial charge in [-0.3, -0.25) is 0 Å². The Bertz CT molecular complexity index is 193. The minimum Gasteiger partial charge on any atom is -0.306 e. The van der Waals surface area contributed by atoms with Crippen molar-refractivity contribution in [3.05, 3.63) is 10.1 Å². The molecule has 0 aromatic rings. The standard InChI is InChI=1S/H2N3O5PS/c4-3(5)10-2-1-9(6,7)8/h(H2,6,7,8). The van der Waals surface area contributed by atoms with Crippen molar-refractivity contribution in [3.8, 4) is 0 Å².